The number of hydrogen-bond acceptors (Lipinski definition) is 6. The molecule has 1 unspecified atom stereocenters. The Bertz CT molecular complexity index is 1230. The first-order valence-corrected chi connectivity index (χ1v) is 9.66. The van der Waals surface area contributed by atoms with Crippen LogP contribution in [-0.4, -0.2) is 28.1 Å². The summed E-state index contributed by atoms with van der Waals surface area (Å²) >= 11 is 0. The highest BCUT2D eigenvalue weighted by Crippen LogP contribution is 2.21. The van der Waals surface area contributed by atoms with E-state index in [0.717, 1.165) is 10.8 Å². The Morgan fingerprint density at radius 3 is 2.42 bits per heavy atom. The standard InChI is InChI=1S/C23H20N4O4/c1-14(30-20-12-11-16-5-3-4-6-19(16)13-20)21(28)25-26-22(29)17-7-9-18(10-8-17)23-24-15(2)27-31-23/h3-14H,1-2H3,(H,25,28)(H,26,29). The third-order valence-electron chi connectivity index (χ3n) is 4.62. The smallest absolute Gasteiger partial charge is 0.279 e. The Balaban J connectivity index is 1.32. The molecule has 0 bridgehead atoms. The third-order valence-corrected chi connectivity index (χ3v) is 4.62. The predicted octanol–water partition coefficient (Wildman–Crippen LogP) is 3.43. The van der Waals surface area contributed by atoms with Crippen molar-refractivity contribution in [1.82, 2.24) is 21.0 Å². The van der Waals surface area contributed by atoms with E-state index < -0.39 is 17.9 Å². The van der Waals surface area contributed by atoms with Gasteiger partial charge in [-0.1, -0.05) is 35.5 Å². The fraction of sp³-hybridized carbons (Fsp3) is 0.130. The summed E-state index contributed by atoms with van der Waals surface area (Å²) in [6.45, 7) is 3.33. The molecule has 8 heteroatoms. The normalized spacial score (nSPS) is 11.7. The van der Waals surface area contributed by atoms with E-state index in [2.05, 4.69) is 21.0 Å². The summed E-state index contributed by atoms with van der Waals surface area (Å²) in [6.07, 6.45) is -0.801. The number of amides is 2. The van der Waals surface area contributed by atoms with Crippen LogP contribution in [0, 0.1) is 6.92 Å². The Labute approximate surface area is 178 Å². The van der Waals surface area contributed by atoms with Gasteiger partial charge in [0.2, 0.25) is 0 Å². The summed E-state index contributed by atoms with van der Waals surface area (Å²) < 4.78 is 10.8. The van der Waals surface area contributed by atoms with E-state index in [1.807, 2.05) is 36.4 Å². The van der Waals surface area contributed by atoms with Crippen LogP contribution >= 0.6 is 0 Å². The zero-order valence-electron chi connectivity index (χ0n) is 17.0. The molecule has 0 saturated heterocycles. The average Bonchev–Trinajstić information content (AvgIpc) is 3.23. The lowest BCUT2D eigenvalue weighted by molar-refractivity contribution is -0.128. The number of nitrogens with one attached hydrogen (secondary N) is 2. The van der Waals surface area contributed by atoms with Crippen molar-refractivity contribution in [1.29, 1.82) is 0 Å². The van der Waals surface area contributed by atoms with Crippen molar-refractivity contribution in [3.63, 3.8) is 0 Å². The quantitative estimate of drug-likeness (QED) is 0.483. The molecule has 0 radical (unpaired) electrons. The number of hydrogen-bond donors (Lipinski definition) is 2. The van der Waals surface area contributed by atoms with Crippen molar-refractivity contribution in [3.8, 4) is 17.2 Å². The summed E-state index contributed by atoms with van der Waals surface area (Å²) in [7, 11) is 0. The van der Waals surface area contributed by atoms with Crippen molar-refractivity contribution < 1.29 is 18.8 Å². The monoisotopic (exact) mass is 416 g/mol. The molecule has 1 atom stereocenters. The zero-order chi connectivity index (χ0) is 21.8. The number of aryl methyl sites for hydroxylation is 1. The van der Waals surface area contributed by atoms with Gasteiger partial charge in [0.25, 0.3) is 17.7 Å². The molecule has 4 rings (SSSR count). The number of carbonyl (C=O) groups is 2. The maximum Gasteiger partial charge on any atom is 0.279 e. The molecule has 31 heavy (non-hydrogen) atoms. The van der Waals surface area contributed by atoms with Crippen molar-refractivity contribution >= 4 is 22.6 Å². The number of aromatic nitrogens is 2. The van der Waals surface area contributed by atoms with Gasteiger partial charge < -0.3 is 9.26 Å². The van der Waals surface area contributed by atoms with Crippen LogP contribution < -0.4 is 15.6 Å². The average molecular weight is 416 g/mol. The van der Waals surface area contributed by atoms with Gasteiger partial charge in [0.15, 0.2) is 11.9 Å². The van der Waals surface area contributed by atoms with E-state index in [1.54, 1.807) is 44.2 Å². The summed E-state index contributed by atoms with van der Waals surface area (Å²) in [5.41, 5.74) is 5.83. The van der Waals surface area contributed by atoms with Crippen molar-refractivity contribution in [2.45, 2.75) is 20.0 Å². The lowest BCUT2D eigenvalue weighted by atomic mass is 10.1. The molecule has 2 N–H and O–H groups in total. The summed E-state index contributed by atoms with van der Waals surface area (Å²) in [5, 5.41) is 5.83. The minimum absolute atomic E-state index is 0.364. The Morgan fingerprint density at radius 2 is 1.71 bits per heavy atom. The number of carbonyl (C=O) groups excluding carboxylic acids is 2. The highest BCUT2D eigenvalue weighted by molar-refractivity contribution is 5.96. The molecule has 0 aliphatic heterocycles. The van der Waals surface area contributed by atoms with E-state index in [1.165, 1.54) is 0 Å². The highest BCUT2D eigenvalue weighted by atomic mass is 16.5. The molecule has 8 nitrogen and oxygen atoms in total. The molecule has 0 spiro atoms. The van der Waals surface area contributed by atoms with Gasteiger partial charge in [-0.3, -0.25) is 20.4 Å². The summed E-state index contributed by atoms with van der Waals surface area (Å²) in [6, 6.07) is 20.0. The van der Waals surface area contributed by atoms with E-state index in [9.17, 15) is 9.59 Å². The molecular formula is C23H20N4O4. The molecule has 4 aromatic rings. The first kappa shape index (κ1) is 20.1. The molecule has 156 valence electrons. The van der Waals surface area contributed by atoms with Crippen LogP contribution in [-0.2, 0) is 4.79 Å². The third kappa shape index (κ3) is 4.69. The summed E-state index contributed by atoms with van der Waals surface area (Å²) in [5.74, 6) is 0.537. The van der Waals surface area contributed by atoms with Crippen LogP contribution in [0.15, 0.2) is 71.3 Å². The zero-order valence-corrected chi connectivity index (χ0v) is 17.0. The van der Waals surface area contributed by atoms with Gasteiger partial charge in [0, 0.05) is 11.1 Å². The van der Waals surface area contributed by atoms with Gasteiger partial charge in [-0.25, -0.2) is 0 Å². The maximum atomic E-state index is 12.3. The van der Waals surface area contributed by atoms with Gasteiger partial charge in [0.05, 0.1) is 0 Å². The number of rotatable bonds is 5. The number of hydrazine groups is 1. The first-order valence-electron chi connectivity index (χ1n) is 9.66. The molecule has 0 aliphatic carbocycles. The van der Waals surface area contributed by atoms with Gasteiger partial charge in [-0.15, -0.1) is 0 Å². The number of nitrogens with zero attached hydrogens (tertiary/aromatic N) is 2. The highest BCUT2D eigenvalue weighted by Gasteiger charge is 2.16. The van der Waals surface area contributed by atoms with E-state index in [4.69, 9.17) is 9.26 Å². The van der Waals surface area contributed by atoms with Crippen LogP contribution in [0.2, 0.25) is 0 Å². The second-order valence-electron chi connectivity index (χ2n) is 6.94. The van der Waals surface area contributed by atoms with Crippen LogP contribution in [0.3, 0.4) is 0 Å². The Morgan fingerprint density at radius 1 is 0.968 bits per heavy atom. The topological polar surface area (TPSA) is 106 Å². The van der Waals surface area contributed by atoms with Gasteiger partial charge in [-0.05, 0) is 61.0 Å². The number of fused-ring (bicyclic) bond motifs is 1. The van der Waals surface area contributed by atoms with Crippen LogP contribution in [0.4, 0.5) is 0 Å². The number of benzene rings is 3. The largest absolute Gasteiger partial charge is 0.481 e. The van der Waals surface area contributed by atoms with Crippen LogP contribution in [0.25, 0.3) is 22.2 Å². The molecule has 0 aliphatic rings. The second-order valence-corrected chi connectivity index (χ2v) is 6.94. The molecule has 0 saturated carbocycles. The molecule has 3 aromatic carbocycles. The molecular weight excluding hydrogens is 396 g/mol. The Kier molecular flexibility index (Phi) is 5.61. The van der Waals surface area contributed by atoms with Gasteiger partial charge in [0.1, 0.15) is 5.75 Å². The maximum absolute atomic E-state index is 12.3. The van der Waals surface area contributed by atoms with E-state index in [0.29, 0.717) is 28.6 Å². The lowest BCUT2D eigenvalue weighted by Gasteiger charge is -2.15. The van der Waals surface area contributed by atoms with Gasteiger partial charge in [-0.2, -0.15) is 4.98 Å². The lowest BCUT2D eigenvalue weighted by Crippen LogP contribution is -2.47. The molecule has 2 amide bonds. The van der Waals surface area contributed by atoms with Crippen molar-refractivity contribution in [3.05, 3.63) is 78.1 Å². The van der Waals surface area contributed by atoms with E-state index in [-0.39, 0.29) is 0 Å². The van der Waals surface area contributed by atoms with Crippen molar-refractivity contribution in [2.75, 3.05) is 0 Å². The minimum atomic E-state index is -0.801. The summed E-state index contributed by atoms with van der Waals surface area (Å²) in [4.78, 5) is 28.8. The molecule has 1 aromatic heterocycles. The SMILES string of the molecule is Cc1noc(-c2ccc(C(=O)NNC(=O)C(C)Oc3ccc4ccccc4c3)cc2)n1. The van der Waals surface area contributed by atoms with Crippen LogP contribution in [0.1, 0.15) is 23.1 Å². The van der Waals surface area contributed by atoms with Crippen molar-refractivity contribution in [2.24, 2.45) is 0 Å². The molecule has 0 fully saturated rings. The first-order chi connectivity index (χ1) is 15.0. The second kappa shape index (κ2) is 8.66. The predicted molar refractivity (Wildman–Crippen MR) is 114 cm³/mol. The Hall–Kier alpha value is -4.20. The van der Waals surface area contributed by atoms with Crippen LogP contribution in [0.5, 0.6) is 5.75 Å². The fourth-order valence-electron chi connectivity index (χ4n) is 2.97. The number of ether oxygens (including phenoxy) is 1. The van der Waals surface area contributed by atoms with E-state index >= 15 is 0 Å². The molecule has 1 heterocycles. The minimum Gasteiger partial charge on any atom is -0.481 e. The fourth-order valence-corrected chi connectivity index (χ4v) is 2.97. The van der Waals surface area contributed by atoms with Gasteiger partial charge >= 0.3 is 0 Å².